The van der Waals surface area contributed by atoms with Crippen LogP contribution in [0.2, 0.25) is 0 Å². The van der Waals surface area contributed by atoms with Gasteiger partial charge in [0, 0.05) is 16.6 Å². The van der Waals surface area contributed by atoms with Crippen LogP contribution in [0.4, 0.5) is 4.39 Å². The van der Waals surface area contributed by atoms with Crippen molar-refractivity contribution in [3.05, 3.63) is 34.1 Å². The van der Waals surface area contributed by atoms with E-state index in [9.17, 15) is 4.39 Å². The Bertz CT molecular complexity index is 415. The van der Waals surface area contributed by atoms with Crippen molar-refractivity contribution in [2.45, 2.75) is 32.2 Å². The zero-order valence-electron chi connectivity index (χ0n) is 10.5. The summed E-state index contributed by atoms with van der Waals surface area (Å²) in [4.78, 5) is 0. The third kappa shape index (κ3) is 3.12. The number of benzene rings is 1. The number of hydrogen-bond donors (Lipinski definition) is 1. The van der Waals surface area contributed by atoms with Crippen LogP contribution in [0, 0.1) is 23.6 Å². The first-order chi connectivity index (χ1) is 8.74. The lowest BCUT2D eigenvalue weighted by molar-refractivity contribution is 0.377. The fourth-order valence-electron chi connectivity index (χ4n) is 2.81. The highest BCUT2D eigenvalue weighted by Crippen LogP contribution is 2.48. The van der Waals surface area contributed by atoms with E-state index in [4.69, 9.17) is 0 Å². The number of nitrogens with one attached hydrogen (secondary N) is 1. The summed E-state index contributed by atoms with van der Waals surface area (Å²) in [6.07, 6.45) is 5.65. The van der Waals surface area contributed by atoms with E-state index < -0.39 is 0 Å². The third-order valence-electron chi connectivity index (χ3n) is 4.17. The smallest absolute Gasteiger partial charge is 0.128 e. The van der Waals surface area contributed by atoms with Gasteiger partial charge in [-0.15, -0.1) is 0 Å². The topological polar surface area (TPSA) is 12.0 Å². The van der Waals surface area contributed by atoms with Crippen molar-refractivity contribution in [1.82, 2.24) is 5.32 Å². The summed E-state index contributed by atoms with van der Waals surface area (Å²) >= 11 is 3.28. The molecule has 1 nitrogen and oxygen atoms in total. The van der Waals surface area contributed by atoms with Gasteiger partial charge in [-0.1, -0.05) is 22.0 Å². The molecule has 2 aliphatic rings. The summed E-state index contributed by atoms with van der Waals surface area (Å²) in [5, 5.41) is 3.45. The average molecular weight is 312 g/mol. The molecule has 0 aliphatic heterocycles. The Morgan fingerprint density at radius 1 is 1.22 bits per heavy atom. The Kier molecular flexibility index (Phi) is 3.71. The molecular weight excluding hydrogens is 293 g/mol. The number of halogens is 2. The van der Waals surface area contributed by atoms with Crippen molar-refractivity contribution < 1.29 is 4.39 Å². The molecule has 0 bridgehead atoms. The molecule has 98 valence electrons. The fraction of sp³-hybridized carbons (Fsp3) is 0.600. The molecule has 0 saturated heterocycles. The quantitative estimate of drug-likeness (QED) is 0.833. The fourth-order valence-corrected chi connectivity index (χ4v) is 3.14. The van der Waals surface area contributed by atoms with Gasteiger partial charge in [-0.25, -0.2) is 4.39 Å². The second kappa shape index (κ2) is 5.30. The van der Waals surface area contributed by atoms with E-state index >= 15 is 0 Å². The molecule has 3 rings (SSSR count). The van der Waals surface area contributed by atoms with Crippen LogP contribution in [0.25, 0.3) is 0 Å². The Hall–Kier alpha value is -0.410. The molecule has 3 heteroatoms. The molecule has 2 aliphatic carbocycles. The van der Waals surface area contributed by atoms with Gasteiger partial charge in [0.1, 0.15) is 5.82 Å². The van der Waals surface area contributed by atoms with Crippen molar-refractivity contribution >= 4 is 15.9 Å². The van der Waals surface area contributed by atoms with E-state index in [2.05, 4.69) is 21.2 Å². The first-order valence-electron chi connectivity index (χ1n) is 6.88. The summed E-state index contributed by atoms with van der Waals surface area (Å²) in [7, 11) is 0. The molecule has 0 unspecified atom stereocenters. The molecular formula is C15H19BrFN. The van der Waals surface area contributed by atoms with E-state index in [0.29, 0.717) is 6.54 Å². The van der Waals surface area contributed by atoms with Gasteiger partial charge in [0.05, 0.1) is 0 Å². The maximum atomic E-state index is 13.6. The summed E-state index contributed by atoms with van der Waals surface area (Å²) < 4.78 is 14.5. The predicted octanol–water partition coefficient (Wildman–Crippen LogP) is 4.11. The summed E-state index contributed by atoms with van der Waals surface area (Å²) in [5.41, 5.74) is 0.767. The van der Waals surface area contributed by atoms with Crippen LogP contribution in [0.5, 0.6) is 0 Å². The molecule has 0 heterocycles. The molecule has 0 amide bonds. The number of hydrogen-bond acceptors (Lipinski definition) is 1. The molecule has 18 heavy (non-hydrogen) atoms. The molecule has 1 aromatic rings. The third-order valence-corrected chi connectivity index (χ3v) is 4.66. The minimum Gasteiger partial charge on any atom is -0.312 e. The lowest BCUT2D eigenvalue weighted by atomic mass is 9.98. The van der Waals surface area contributed by atoms with Crippen molar-refractivity contribution in [2.24, 2.45) is 17.8 Å². The summed E-state index contributed by atoms with van der Waals surface area (Å²) in [6, 6.07) is 5.30. The van der Waals surface area contributed by atoms with E-state index in [1.165, 1.54) is 31.7 Å². The second-order valence-corrected chi connectivity index (χ2v) is 6.62. The molecule has 0 atom stereocenters. The molecule has 0 aromatic heterocycles. The Labute approximate surface area is 116 Å². The van der Waals surface area contributed by atoms with Crippen LogP contribution in [0.1, 0.15) is 31.2 Å². The van der Waals surface area contributed by atoms with Gasteiger partial charge in [0.2, 0.25) is 0 Å². The first-order valence-corrected chi connectivity index (χ1v) is 7.68. The van der Waals surface area contributed by atoms with E-state index in [1.54, 1.807) is 0 Å². The Morgan fingerprint density at radius 2 is 1.89 bits per heavy atom. The van der Waals surface area contributed by atoms with E-state index in [1.807, 2.05) is 12.1 Å². The molecule has 2 saturated carbocycles. The van der Waals surface area contributed by atoms with Crippen molar-refractivity contribution in [3.8, 4) is 0 Å². The lowest BCUT2D eigenvalue weighted by Gasteiger charge is -2.16. The van der Waals surface area contributed by atoms with Crippen LogP contribution < -0.4 is 5.32 Å². The molecule has 2 fully saturated rings. The summed E-state index contributed by atoms with van der Waals surface area (Å²) in [5.74, 6) is 2.65. The van der Waals surface area contributed by atoms with Crippen molar-refractivity contribution in [1.29, 1.82) is 0 Å². The normalized spacial score (nSPS) is 19.5. The van der Waals surface area contributed by atoms with Crippen LogP contribution in [0.15, 0.2) is 22.7 Å². The average Bonchev–Trinajstić information content (AvgIpc) is 3.20. The Balaban J connectivity index is 1.51. The maximum absolute atomic E-state index is 13.6. The highest BCUT2D eigenvalue weighted by atomic mass is 79.9. The standard InChI is InChI=1S/C15H19BrFN/c16-13-6-5-12(15(17)7-13)8-18-9-14(10-1-2-10)11-3-4-11/h5-7,10-11,14,18H,1-4,8-9H2. The van der Waals surface area contributed by atoms with Crippen LogP contribution in [-0.4, -0.2) is 6.54 Å². The molecule has 1 N–H and O–H groups in total. The van der Waals surface area contributed by atoms with Crippen LogP contribution >= 0.6 is 15.9 Å². The van der Waals surface area contributed by atoms with Crippen LogP contribution in [-0.2, 0) is 6.54 Å². The monoisotopic (exact) mass is 311 g/mol. The highest BCUT2D eigenvalue weighted by Gasteiger charge is 2.40. The lowest BCUT2D eigenvalue weighted by Crippen LogP contribution is -2.25. The molecule has 1 aromatic carbocycles. The molecule has 0 spiro atoms. The molecule has 0 radical (unpaired) electrons. The zero-order chi connectivity index (χ0) is 12.5. The number of rotatable bonds is 6. The van der Waals surface area contributed by atoms with Gasteiger partial charge in [-0.3, -0.25) is 0 Å². The minimum atomic E-state index is -0.119. The van der Waals surface area contributed by atoms with E-state index in [-0.39, 0.29) is 5.82 Å². The van der Waals surface area contributed by atoms with Crippen molar-refractivity contribution in [3.63, 3.8) is 0 Å². The van der Waals surface area contributed by atoms with Gasteiger partial charge in [-0.05, 0) is 62.1 Å². The van der Waals surface area contributed by atoms with Gasteiger partial charge >= 0.3 is 0 Å². The van der Waals surface area contributed by atoms with Crippen LogP contribution in [0.3, 0.4) is 0 Å². The second-order valence-electron chi connectivity index (χ2n) is 5.71. The van der Waals surface area contributed by atoms with E-state index in [0.717, 1.165) is 34.3 Å². The van der Waals surface area contributed by atoms with Crippen molar-refractivity contribution in [2.75, 3.05) is 6.54 Å². The maximum Gasteiger partial charge on any atom is 0.128 e. The van der Waals surface area contributed by atoms with Gasteiger partial charge < -0.3 is 5.32 Å². The van der Waals surface area contributed by atoms with Gasteiger partial charge in [-0.2, -0.15) is 0 Å². The Morgan fingerprint density at radius 3 is 2.44 bits per heavy atom. The van der Waals surface area contributed by atoms with Gasteiger partial charge in [0.25, 0.3) is 0 Å². The highest BCUT2D eigenvalue weighted by molar-refractivity contribution is 9.10. The van der Waals surface area contributed by atoms with Gasteiger partial charge in [0.15, 0.2) is 0 Å². The zero-order valence-corrected chi connectivity index (χ0v) is 12.0. The SMILES string of the molecule is Fc1cc(Br)ccc1CNCC(C1CC1)C1CC1. The predicted molar refractivity (Wildman–Crippen MR) is 74.7 cm³/mol. The minimum absolute atomic E-state index is 0.119. The largest absolute Gasteiger partial charge is 0.312 e. The summed E-state index contributed by atoms with van der Waals surface area (Å²) in [6.45, 7) is 1.71. The first kappa shape index (κ1) is 12.6.